The van der Waals surface area contributed by atoms with Gasteiger partial charge >= 0.3 is 0 Å². The third-order valence-corrected chi connectivity index (χ3v) is 5.39. The van der Waals surface area contributed by atoms with Gasteiger partial charge in [-0.1, -0.05) is 45.0 Å². The molecule has 0 bridgehead atoms. The molecule has 1 aromatic rings. The maximum absolute atomic E-state index is 3.59. The van der Waals surface area contributed by atoms with E-state index in [2.05, 4.69) is 69.2 Å². The highest BCUT2D eigenvalue weighted by molar-refractivity contribution is 5.29. The summed E-state index contributed by atoms with van der Waals surface area (Å²) in [5.41, 5.74) is 3.04. The Morgan fingerprint density at radius 3 is 2.05 bits per heavy atom. The number of hydrogen-bond donors (Lipinski definition) is 1. The molecule has 0 radical (unpaired) electrons. The molecule has 2 nitrogen and oxygen atoms in total. The molecule has 0 amide bonds. The molecule has 1 N–H and O–H groups in total. The van der Waals surface area contributed by atoms with Crippen LogP contribution in [0.15, 0.2) is 24.3 Å². The molecule has 1 fully saturated rings. The number of nitrogens with zero attached hydrogens (tertiary/aromatic N) is 1. The van der Waals surface area contributed by atoms with E-state index < -0.39 is 0 Å². The van der Waals surface area contributed by atoms with Crippen LogP contribution in [0.5, 0.6) is 0 Å². The molecule has 2 atom stereocenters. The predicted octanol–water partition coefficient (Wildman–Crippen LogP) is 4.34. The maximum Gasteiger partial charge on any atom is 0.0501 e. The second kappa shape index (κ2) is 6.93. The van der Waals surface area contributed by atoms with Crippen molar-refractivity contribution in [2.24, 2.45) is 0 Å². The Hall–Kier alpha value is -0.860. The third kappa shape index (κ3) is 3.32. The summed E-state index contributed by atoms with van der Waals surface area (Å²) in [5, 5.41) is 3.59. The van der Waals surface area contributed by atoms with E-state index in [0.29, 0.717) is 12.0 Å². The summed E-state index contributed by atoms with van der Waals surface area (Å²) in [7, 11) is 2.10. The van der Waals surface area contributed by atoms with E-state index in [1.54, 1.807) is 0 Å². The molecule has 1 aliphatic heterocycles. The molecule has 118 valence electrons. The molecule has 0 saturated carbocycles. The largest absolute Gasteiger partial charge is 0.311 e. The van der Waals surface area contributed by atoms with Gasteiger partial charge in [-0.2, -0.15) is 0 Å². The fourth-order valence-electron chi connectivity index (χ4n) is 3.75. The SMILES string of the molecule is CCC(C)(C(NC)c1ccc(C(C)C)cc1)N1CCCC1. The smallest absolute Gasteiger partial charge is 0.0501 e. The van der Waals surface area contributed by atoms with Gasteiger partial charge in [-0.3, -0.25) is 4.90 Å². The van der Waals surface area contributed by atoms with E-state index in [1.165, 1.54) is 43.5 Å². The van der Waals surface area contributed by atoms with E-state index in [0.717, 1.165) is 0 Å². The molecule has 0 spiro atoms. The van der Waals surface area contributed by atoms with Crippen LogP contribution >= 0.6 is 0 Å². The maximum atomic E-state index is 3.59. The van der Waals surface area contributed by atoms with Crippen molar-refractivity contribution in [2.75, 3.05) is 20.1 Å². The Labute approximate surface area is 130 Å². The lowest BCUT2D eigenvalue weighted by molar-refractivity contribution is 0.0873. The molecule has 0 aromatic heterocycles. The van der Waals surface area contributed by atoms with Gasteiger partial charge in [0.1, 0.15) is 0 Å². The van der Waals surface area contributed by atoms with Gasteiger partial charge in [0.05, 0.1) is 6.04 Å². The highest BCUT2D eigenvalue weighted by Crippen LogP contribution is 2.36. The lowest BCUT2D eigenvalue weighted by atomic mass is 9.82. The molecule has 1 saturated heterocycles. The second-order valence-corrected chi connectivity index (χ2v) is 6.95. The number of likely N-dealkylation sites (tertiary alicyclic amines) is 1. The Kier molecular flexibility index (Phi) is 5.45. The molecule has 2 heteroatoms. The minimum absolute atomic E-state index is 0.199. The quantitative estimate of drug-likeness (QED) is 0.838. The summed E-state index contributed by atoms with van der Waals surface area (Å²) < 4.78 is 0. The van der Waals surface area contributed by atoms with Gasteiger partial charge in [-0.15, -0.1) is 0 Å². The summed E-state index contributed by atoms with van der Waals surface area (Å²) in [6, 6.07) is 9.62. The van der Waals surface area contributed by atoms with E-state index in [1.807, 2.05) is 0 Å². The average Bonchev–Trinajstić information content (AvgIpc) is 3.03. The van der Waals surface area contributed by atoms with Crippen molar-refractivity contribution in [1.82, 2.24) is 10.2 Å². The first-order valence-corrected chi connectivity index (χ1v) is 8.55. The minimum atomic E-state index is 0.199. The minimum Gasteiger partial charge on any atom is -0.311 e. The number of rotatable bonds is 6. The Bertz CT molecular complexity index is 431. The van der Waals surface area contributed by atoms with Gasteiger partial charge < -0.3 is 5.32 Å². The van der Waals surface area contributed by atoms with E-state index in [9.17, 15) is 0 Å². The first-order chi connectivity index (χ1) is 10.0. The van der Waals surface area contributed by atoms with Crippen molar-refractivity contribution in [3.8, 4) is 0 Å². The van der Waals surface area contributed by atoms with Gasteiger partial charge in [-0.25, -0.2) is 0 Å². The molecule has 1 heterocycles. The summed E-state index contributed by atoms with van der Waals surface area (Å²) in [5.74, 6) is 0.600. The first-order valence-electron chi connectivity index (χ1n) is 8.55. The molecule has 21 heavy (non-hydrogen) atoms. The van der Waals surface area contributed by atoms with Crippen molar-refractivity contribution in [2.45, 2.75) is 64.5 Å². The number of likely N-dealkylation sites (N-methyl/N-ethyl adjacent to an activating group) is 1. The molecule has 1 aliphatic rings. The van der Waals surface area contributed by atoms with E-state index >= 15 is 0 Å². The summed E-state index contributed by atoms with van der Waals surface area (Å²) in [6.07, 6.45) is 3.86. The van der Waals surface area contributed by atoms with Gasteiger partial charge in [0.2, 0.25) is 0 Å². The summed E-state index contributed by atoms with van der Waals surface area (Å²) >= 11 is 0. The zero-order valence-corrected chi connectivity index (χ0v) is 14.4. The molecule has 0 aliphatic carbocycles. The fourth-order valence-corrected chi connectivity index (χ4v) is 3.75. The lowest BCUT2D eigenvalue weighted by Crippen LogP contribution is -2.52. The Morgan fingerprint density at radius 2 is 1.62 bits per heavy atom. The highest BCUT2D eigenvalue weighted by atomic mass is 15.2. The number of hydrogen-bond acceptors (Lipinski definition) is 2. The van der Waals surface area contributed by atoms with Crippen LogP contribution in [0.4, 0.5) is 0 Å². The van der Waals surface area contributed by atoms with Gasteiger partial charge in [0.25, 0.3) is 0 Å². The van der Waals surface area contributed by atoms with Gasteiger partial charge in [-0.05, 0) is 63.4 Å². The van der Waals surface area contributed by atoms with Crippen LogP contribution in [0, 0.1) is 0 Å². The van der Waals surface area contributed by atoms with Crippen molar-refractivity contribution < 1.29 is 0 Å². The average molecular weight is 288 g/mol. The molecular weight excluding hydrogens is 256 g/mol. The van der Waals surface area contributed by atoms with Crippen LogP contribution in [-0.4, -0.2) is 30.6 Å². The predicted molar refractivity (Wildman–Crippen MR) is 91.8 cm³/mol. The van der Waals surface area contributed by atoms with Gasteiger partial charge in [0.15, 0.2) is 0 Å². The van der Waals surface area contributed by atoms with Crippen LogP contribution in [0.25, 0.3) is 0 Å². The van der Waals surface area contributed by atoms with E-state index in [-0.39, 0.29) is 5.54 Å². The standard InChI is InChI=1S/C19H32N2/c1-6-19(4,21-13-7-8-14-21)18(20-5)17-11-9-16(10-12-17)15(2)3/h9-12,15,18,20H,6-8,13-14H2,1-5H3. The monoisotopic (exact) mass is 288 g/mol. The van der Waals surface area contributed by atoms with Crippen LogP contribution in [0.2, 0.25) is 0 Å². The topological polar surface area (TPSA) is 15.3 Å². The lowest BCUT2D eigenvalue weighted by Gasteiger charge is -2.44. The van der Waals surface area contributed by atoms with Crippen LogP contribution in [-0.2, 0) is 0 Å². The van der Waals surface area contributed by atoms with Crippen molar-refractivity contribution in [1.29, 1.82) is 0 Å². The summed E-state index contributed by atoms with van der Waals surface area (Å²) in [4.78, 5) is 2.69. The number of nitrogens with one attached hydrogen (secondary N) is 1. The van der Waals surface area contributed by atoms with E-state index in [4.69, 9.17) is 0 Å². The zero-order chi connectivity index (χ0) is 15.5. The molecule has 2 rings (SSSR count). The first kappa shape index (κ1) is 16.5. The highest BCUT2D eigenvalue weighted by Gasteiger charge is 2.39. The molecule has 2 unspecified atom stereocenters. The van der Waals surface area contributed by atoms with Crippen LogP contribution < -0.4 is 5.32 Å². The number of benzene rings is 1. The van der Waals surface area contributed by atoms with Gasteiger partial charge in [0, 0.05) is 5.54 Å². The Morgan fingerprint density at radius 1 is 1.10 bits per heavy atom. The van der Waals surface area contributed by atoms with Crippen LogP contribution in [0.1, 0.15) is 70.0 Å². The molecule has 1 aromatic carbocycles. The van der Waals surface area contributed by atoms with Crippen molar-refractivity contribution >= 4 is 0 Å². The molecular formula is C19H32N2. The zero-order valence-electron chi connectivity index (χ0n) is 14.4. The third-order valence-electron chi connectivity index (χ3n) is 5.39. The second-order valence-electron chi connectivity index (χ2n) is 6.95. The normalized spacial score (nSPS) is 20.7. The fraction of sp³-hybridized carbons (Fsp3) is 0.684. The van der Waals surface area contributed by atoms with Crippen molar-refractivity contribution in [3.63, 3.8) is 0 Å². The Balaban J connectivity index is 2.27. The van der Waals surface area contributed by atoms with Crippen molar-refractivity contribution in [3.05, 3.63) is 35.4 Å². The van der Waals surface area contributed by atoms with Crippen LogP contribution in [0.3, 0.4) is 0 Å². The summed E-state index contributed by atoms with van der Waals surface area (Å²) in [6.45, 7) is 11.7.